The van der Waals surface area contributed by atoms with Gasteiger partial charge in [0.05, 0.1) is 18.5 Å². The molecule has 0 bridgehead atoms. The Kier molecular flexibility index (Phi) is 5.89. The lowest BCUT2D eigenvalue weighted by Crippen LogP contribution is -2.41. The number of allylic oxidation sites excluding steroid dienone is 2. The summed E-state index contributed by atoms with van der Waals surface area (Å²) >= 11 is 0. The second-order valence-corrected chi connectivity index (χ2v) is 4.44. The average molecular weight is 289 g/mol. The Labute approximate surface area is 115 Å². The van der Waals surface area contributed by atoms with Crippen molar-refractivity contribution < 1.29 is 29.9 Å². The van der Waals surface area contributed by atoms with Crippen molar-refractivity contribution in [2.24, 2.45) is 22.4 Å². The summed E-state index contributed by atoms with van der Waals surface area (Å²) in [5.41, 5.74) is 11.7. The fraction of sp³-hybridized carbons (Fsp3) is 0.636. The zero-order valence-electron chi connectivity index (χ0n) is 11.0. The number of methoxy groups -OCH3 is 1. The molecule has 3 atom stereocenters. The van der Waals surface area contributed by atoms with Gasteiger partial charge in [-0.05, 0) is 18.8 Å². The highest BCUT2D eigenvalue weighted by atomic mass is 17.1. The van der Waals surface area contributed by atoms with E-state index in [9.17, 15) is 15.0 Å². The average Bonchev–Trinajstić information content (AvgIpc) is 2.42. The summed E-state index contributed by atoms with van der Waals surface area (Å²) in [6, 6.07) is -1.51. The van der Waals surface area contributed by atoms with Crippen LogP contribution in [0.3, 0.4) is 0 Å². The minimum absolute atomic E-state index is 0.114. The molecule has 1 aliphatic rings. The van der Waals surface area contributed by atoms with E-state index in [4.69, 9.17) is 21.5 Å². The predicted octanol–water partition coefficient (Wildman–Crippen LogP) is -1.69. The first-order valence-electron chi connectivity index (χ1n) is 5.94. The summed E-state index contributed by atoms with van der Waals surface area (Å²) in [6.07, 6.45) is -0.933. The fourth-order valence-corrected chi connectivity index (χ4v) is 2.01. The van der Waals surface area contributed by atoms with E-state index in [0.29, 0.717) is 18.5 Å². The van der Waals surface area contributed by atoms with Gasteiger partial charge >= 0.3 is 5.97 Å². The third-order valence-electron chi connectivity index (χ3n) is 2.96. The lowest BCUT2D eigenvalue weighted by atomic mass is 9.90. The molecule has 0 saturated carbocycles. The van der Waals surface area contributed by atoms with E-state index in [2.05, 4.69) is 9.88 Å². The topological polar surface area (TPSA) is 161 Å². The molecule has 0 aliphatic heterocycles. The molecule has 0 heterocycles. The molecule has 20 heavy (non-hydrogen) atoms. The van der Waals surface area contributed by atoms with Crippen LogP contribution in [0.15, 0.2) is 16.4 Å². The zero-order valence-corrected chi connectivity index (χ0v) is 11.0. The first-order valence-corrected chi connectivity index (χ1v) is 5.94. The van der Waals surface area contributed by atoms with Crippen molar-refractivity contribution in [2.75, 3.05) is 13.7 Å². The van der Waals surface area contributed by atoms with Gasteiger partial charge in [-0.2, -0.15) is 5.26 Å². The summed E-state index contributed by atoms with van der Waals surface area (Å²) in [7, 11) is 1.38. The number of aliphatic hydroxyl groups is 2. The molecule has 0 saturated heterocycles. The van der Waals surface area contributed by atoms with Crippen LogP contribution in [0.5, 0.6) is 0 Å². The van der Waals surface area contributed by atoms with Crippen LogP contribution in [0.1, 0.15) is 12.8 Å². The number of hydrogen-bond donors (Lipinski definition) is 5. The maximum Gasteiger partial charge on any atom is 0.370 e. The van der Waals surface area contributed by atoms with Crippen LogP contribution in [0.2, 0.25) is 0 Å². The van der Waals surface area contributed by atoms with Crippen molar-refractivity contribution in [2.45, 2.75) is 25.1 Å². The molecule has 0 radical (unpaired) electrons. The van der Waals surface area contributed by atoms with E-state index in [1.54, 1.807) is 0 Å². The summed E-state index contributed by atoms with van der Waals surface area (Å²) < 4.78 is 5.11. The van der Waals surface area contributed by atoms with Gasteiger partial charge in [0.1, 0.15) is 6.23 Å². The highest BCUT2D eigenvalue weighted by molar-refractivity contribution is 6.01. The van der Waals surface area contributed by atoms with Gasteiger partial charge in [0, 0.05) is 6.61 Å². The molecular weight excluding hydrogens is 270 g/mol. The molecule has 114 valence electrons. The van der Waals surface area contributed by atoms with E-state index >= 15 is 0 Å². The number of carbonyl (C=O) groups excluding carboxylic acids is 1. The van der Waals surface area contributed by atoms with E-state index in [1.807, 2.05) is 0 Å². The molecule has 0 amide bonds. The first-order chi connectivity index (χ1) is 9.44. The second kappa shape index (κ2) is 7.20. The molecule has 0 aromatic heterocycles. The maximum absolute atomic E-state index is 11.3. The summed E-state index contributed by atoms with van der Waals surface area (Å²) in [5.74, 6) is -1.10. The normalized spacial score (nSPS) is 24.4. The standard InChI is InChI=1S/C11H19N3O6/c1-19-9-6(12)2-5(4-15)3-7(9)14-8(10(13)16)11(17)20-18/h5,8,10,15-16,18H,2-4,12-13H2,1H3. The number of aliphatic hydroxyl groups excluding tert-OH is 2. The molecule has 1 rings (SSSR count). The number of aliphatic imine (C=N–C) groups is 1. The Balaban J connectivity index is 3.14. The Morgan fingerprint density at radius 1 is 1.55 bits per heavy atom. The number of nitrogens with two attached hydrogens (primary N) is 2. The smallest absolute Gasteiger partial charge is 0.370 e. The van der Waals surface area contributed by atoms with Crippen LogP contribution in [0.4, 0.5) is 0 Å². The van der Waals surface area contributed by atoms with Gasteiger partial charge in [-0.15, -0.1) is 0 Å². The molecule has 1 aliphatic carbocycles. The largest absolute Gasteiger partial charge is 0.493 e. The second-order valence-electron chi connectivity index (χ2n) is 4.44. The van der Waals surface area contributed by atoms with Gasteiger partial charge in [-0.1, -0.05) is 0 Å². The number of ether oxygens (including phenoxy) is 1. The Hall–Kier alpha value is -1.68. The van der Waals surface area contributed by atoms with E-state index in [-0.39, 0.29) is 24.0 Å². The molecule has 7 N–H and O–H groups in total. The van der Waals surface area contributed by atoms with Gasteiger partial charge in [0.25, 0.3) is 0 Å². The summed E-state index contributed by atoms with van der Waals surface area (Å²) in [5, 5.41) is 26.9. The molecule has 3 unspecified atom stereocenters. The predicted molar refractivity (Wildman–Crippen MR) is 68.2 cm³/mol. The Morgan fingerprint density at radius 2 is 2.20 bits per heavy atom. The lowest BCUT2D eigenvalue weighted by molar-refractivity contribution is -0.237. The van der Waals surface area contributed by atoms with Crippen LogP contribution >= 0.6 is 0 Å². The highest BCUT2D eigenvalue weighted by Gasteiger charge is 2.31. The molecule has 0 aromatic rings. The van der Waals surface area contributed by atoms with Crippen molar-refractivity contribution in [3.63, 3.8) is 0 Å². The Bertz CT molecular complexity index is 420. The monoisotopic (exact) mass is 289 g/mol. The maximum atomic E-state index is 11.3. The van der Waals surface area contributed by atoms with Crippen molar-refractivity contribution in [1.29, 1.82) is 0 Å². The first kappa shape index (κ1) is 16.4. The van der Waals surface area contributed by atoms with Gasteiger partial charge in [0.15, 0.2) is 11.8 Å². The van der Waals surface area contributed by atoms with Crippen molar-refractivity contribution in [3.8, 4) is 0 Å². The number of hydrogen-bond acceptors (Lipinski definition) is 9. The highest BCUT2D eigenvalue weighted by Crippen LogP contribution is 2.26. The van der Waals surface area contributed by atoms with E-state index in [1.165, 1.54) is 7.11 Å². The molecule has 9 heteroatoms. The number of rotatable bonds is 5. The van der Waals surface area contributed by atoms with Gasteiger partial charge in [-0.3, -0.25) is 9.88 Å². The van der Waals surface area contributed by atoms with E-state index < -0.39 is 18.2 Å². The number of carbonyl (C=O) groups is 1. The third-order valence-corrected chi connectivity index (χ3v) is 2.96. The molecule has 9 nitrogen and oxygen atoms in total. The lowest BCUT2D eigenvalue weighted by Gasteiger charge is -2.25. The zero-order chi connectivity index (χ0) is 15.3. The number of nitrogens with zero attached hydrogens (tertiary/aromatic N) is 1. The van der Waals surface area contributed by atoms with Crippen LogP contribution in [-0.4, -0.2) is 53.1 Å². The van der Waals surface area contributed by atoms with Crippen LogP contribution in [-0.2, 0) is 14.4 Å². The quantitative estimate of drug-likeness (QED) is 0.227. The van der Waals surface area contributed by atoms with Gasteiger partial charge < -0.3 is 26.4 Å². The summed E-state index contributed by atoms with van der Waals surface area (Å²) in [6.45, 7) is -0.114. The summed E-state index contributed by atoms with van der Waals surface area (Å²) in [4.78, 5) is 18.8. The van der Waals surface area contributed by atoms with Crippen molar-refractivity contribution >= 4 is 11.7 Å². The molecule has 0 fully saturated rings. The van der Waals surface area contributed by atoms with Crippen LogP contribution in [0.25, 0.3) is 0 Å². The van der Waals surface area contributed by atoms with Crippen LogP contribution in [0, 0.1) is 5.92 Å². The SMILES string of the molecule is COC1=C(N)CC(CO)CC1=NC(C(=O)OO)C(N)O. The third kappa shape index (κ3) is 3.67. The minimum atomic E-state index is -1.66. The van der Waals surface area contributed by atoms with E-state index in [0.717, 1.165) is 0 Å². The van der Waals surface area contributed by atoms with Crippen LogP contribution < -0.4 is 11.5 Å². The van der Waals surface area contributed by atoms with Gasteiger partial charge in [-0.25, -0.2) is 4.79 Å². The van der Waals surface area contributed by atoms with Gasteiger partial charge in [0.2, 0.25) is 0 Å². The van der Waals surface area contributed by atoms with Crippen molar-refractivity contribution in [3.05, 3.63) is 11.5 Å². The molecule has 0 spiro atoms. The van der Waals surface area contributed by atoms with Crippen molar-refractivity contribution in [1.82, 2.24) is 0 Å². The molecular formula is C11H19N3O6. The molecule has 0 aromatic carbocycles. The fourth-order valence-electron chi connectivity index (χ4n) is 2.01. The Morgan fingerprint density at radius 3 is 2.65 bits per heavy atom. The minimum Gasteiger partial charge on any atom is -0.493 e.